The maximum atomic E-state index is 13.1. The van der Waals surface area contributed by atoms with Gasteiger partial charge in [0.25, 0.3) is 5.78 Å². The Morgan fingerprint density at radius 1 is 1.17 bits per heavy atom. The van der Waals surface area contributed by atoms with E-state index in [0.29, 0.717) is 6.21 Å². The number of Topliss-reactive ketones (excluding diaryl/α,β-unsaturated/α-hetero) is 2. The monoisotopic (exact) mass is 491 g/mol. The smallest absolute Gasteiger partial charge is 0.342 e. The van der Waals surface area contributed by atoms with Gasteiger partial charge in [-0.1, -0.05) is 44.2 Å². The van der Waals surface area contributed by atoms with Crippen molar-refractivity contribution in [3.8, 4) is 0 Å². The number of carbonyl (C=O) groups excluding carboxylic acids is 3. The first-order valence-electron chi connectivity index (χ1n) is 10.6. The summed E-state index contributed by atoms with van der Waals surface area (Å²) in [5, 5.41) is 20.8. The molecule has 0 aliphatic carbocycles. The van der Waals surface area contributed by atoms with Gasteiger partial charge in [0, 0.05) is 6.42 Å². The molecule has 190 valence electrons. The largest absolute Gasteiger partial charge is 0.481 e. The molecule has 35 heavy (non-hydrogen) atoms. The number of benzene rings is 1. The summed E-state index contributed by atoms with van der Waals surface area (Å²) >= 11 is 0. The zero-order valence-electron chi connectivity index (χ0n) is 19.3. The van der Waals surface area contributed by atoms with Crippen LogP contribution in [-0.4, -0.2) is 74.5 Å². The number of carboxylic acids is 2. The van der Waals surface area contributed by atoms with Crippen molar-refractivity contribution in [3.63, 3.8) is 0 Å². The highest BCUT2D eigenvalue weighted by molar-refractivity contribution is 6.28. The molecule has 4 unspecified atom stereocenters. The Balaban J connectivity index is 3.19. The highest BCUT2D eigenvalue weighted by Gasteiger charge is 2.46. The Morgan fingerprint density at radius 3 is 2.26 bits per heavy atom. The van der Waals surface area contributed by atoms with E-state index in [1.165, 1.54) is 13.8 Å². The lowest BCUT2D eigenvalue weighted by molar-refractivity contribution is -0.168. The van der Waals surface area contributed by atoms with Gasteiger partial charge >= 0.3 is 24.1 Å². The minimum Gasteiger partial charge on any atom is -0.481 e. The number of ether oxygens (including phenoxy) is 1. The minimum absolute atomic E-state index is 0.192. The van der Waals surface area contributed by atoms with Crippen molar-refractivity contribution in [2.75, 3.05) is 0 Å². The second-order valence-electron chi connectivity index (χ2n) is 8.11. The van der Waals surface area contributed by atoms with Crippen LogP contribution in [0.25, 0.3) is 5.53 Å². The van der Waals surface area contributed by atoms with Gasteiger partial charge in [0.2, 0.25) is 0 Å². The van der Waals surface area contributed by atoms with Gasteiger partial charge in [-0.2, -0.15) is 4.79 Å². The Hall–Kier alpha value is -3.77. The fourth-order valence-corrected chi connectivity index (χ4v) is 3.03. The van der Waals surface area contributed by atoms with Gasteiger partial charge in [0.15, 0.2) is 17.6 Å². The normalized spacial score (nSPS) is 15.1. The molecule has 13 heteroatoms. The van der Waals surface area contributed by atoms with E-state index in [1.807, 2.05) is 0 Å². The Bertz CT molecular complexity index is 993. The van der Waals surface area contributed by atoms with Crippen molar-refractivity contribution < 1.29 is 43.7 Å². The molecule has 0 aliphatic heterocycles. The van der Waals surface area contributed by atoms with Crippen molar-refractivity contribution in [1.29, 1.82) is 0 Å². The molecule has 13 nitrogen and oxygen atoms in total. The van der Waals surface area contributed by atoms with Gasteiger partial charge in [-0.25, -0.2) is 4.79 Å². The van der Waals surface area contributed by atoms with E-state index < -0.39 is 65.7 Å². The molecule has 0 fully saturated rings. The van der Waals surface area contributed by atoms with Crippen LogP contribution in [-0.2, 0) is 35.1 Å². The summed E-state index contributed by atoms with van der Waals surface area (Å²) in [5.74, 6) is -6.97. The third kappa shape index (κ3) is 8.50. The van der Waals surface area contributed by atoms with E-state index in [9.17, 15) is 29.1 Å². The molecule has 0 radical (unpaired) electrons. The summed E-state index contributed by atoms with van der Waals surface area (Å²) in [4.78, 5) is 63.2. The first kappa shape index (κ1) is 29.3. The predicted octanol–water partition coefficient (Wildman–Crippen LogP) is -0.874. The average Bonchev–Trinajstić information content (AvgIpc) is 2.80. The number of rotatable bonds is 15. The molecule has 0 saturated heterocycles. The van der Waals surface area contributed by atoms with E-state index in [1.54, 1.807) is 30.3 Å². The van der Waals surface area contributed by atoms with E-state index >= 15 is 0 Å². The van der Waals surface area contributed by atoms with Crippen LogP contribution in [0.3, 0.4) is 0 Å². The summed E-state index contributed by atoms with van der Waals surface area (Å²) in [6.45, 7) is 2.89. The highest BCUT2D eigenvalue weighted by Crippen LogP contribution is 2.18. The van der Waals surface area contributed by atoms with Gasteiger partial charge in [-0.05, 0) is 17.9 Å². The number of hydrogen-bond acceptors (Lipinski definition) is 9. The van der Waals surface area contributed by atoms with Crippen LogP contribution < -0.4 is 16.8 Å². The van der Waals surface area contributed by atoms with Crippen LogP contribution in [0.1, 0.15) is 32.3 Å². The van der Waals surface area contributed by atoms with Crippen molar-refractivity contribution in [1.82, 2.24) is 5.32 Å². The number of carbonyl (C=O) groups is 5. The number of carboxylic acid groups (broad SMARTS) is 2. The number of nitrogens with zero attached hydrogens (tertiary/aromatic N) is 2. The van der Waals surface area contributed by atoms with Crippen LogP contribution in [0, 0.1) is 5.92 Å². The number of hydrogen-bond donors (Lipinski definition) is 5. The average molecular weight is 492 g/mol. The molecule has 0 spiro atoms. The van der Waals surface area contributed by atoms with Crippen LogP contribution in [0.4, 0.5) is 0 Å². The Kier molecular flexibility index (Phi) is 11.0. The lowest BCUT2D eigenvalue weighted by Gasteiger charge is -2.36. The van der Waals surface area contributed by atoms with Crippen molar-refractivity contribution in [3.05, 3.63) is 41.4 Å². The molecule has 1 aromatic carbocycles. The number of nitrogens with one attached hydrogen (secondary N) is 1. The molecule has 1 rings (SSSR count). The molecule has 1 aromatic rings. The number of ketones is 2. The number of esters is 1. The number of nitrogens with two attached hydrogens (primary N) is 2. The molecule has 0 aliphatic rings. The molecule has 4 atom stereocenters. The van der Waals surface area contributed by atoms with Gasteiger partial charge < -0.3 is 31.9 Å². The van der Waals surface area contributed by atoms with Gasteiger partial charge in [-0.15, -0.1) is 0 Å². The van der Waals surface area contributed by atoms with Gasteiger partial charge in [-0.3, -0.25) is 24.5 Å². The molecule has 0 aromatic heterocycles. The molecule has 0 bridgehead atoms. The molecular formula is C22H29N5O8. The van der Waals surface area contributed by atoms with E-state index in [-0.39, 0.29) is 12.8 Å². The van der Waals surface area contributed by atoms with Crippen LogP contribution in [0.2, 0.25) is 0 Å². The second kappa shape index (κ2) is 13.2. The SMILES string of the molecule is CC(C)C(N)(NC(CC(=O)O)C(=O)C=[N+]=[N-])C(=O)OC(C(=O)CCc1ccccc1)C(N)C(=O)O. The van der Waals surface area contributed by atoms with Crippen molar-refractivity contribution in [2.24, 2.45) is 17.4 Å². The van der Waals surface area contributed by atoms with Crippen LogP contribution in [0.5, 0.6) is 0 Å². The molecule has 7 N–H and O–H groups in total. The summed E-state index contributed by atoms with van der Waals surface area (Å²) in [5.41, 5.74) is 18.9. The second-order valence-corrected chi connectivity index (χ2v) is 8.11. The minimum atomic E-state index is -2.24. The summed E-state index contributed by atoms with van der Waals surface area (Å²) < 4.78 is 5.17. The summed E-state index contributed by atoms with van der Waals surface area (Å²) in [6, 6.07) is 5.30. The number of aryl methyl sites for hydroxylation is 1. The van der Waals surface area contributed by atoms with Crippen molar-refractivity contribution >= 4 is 35.7 Å². The fourth-order valence-electron chi connectivity index (χ4n) is 3.03. The first-order valence-corrected chi connectivity index (χ1v) is 10.6. The molecular weight excluding hydrogens is 462 g/mol. The third-order valence-electron chi connectivity index (χ3n) is 5.23. The summed E-state index contributed by atoms with van der Waals surface area (Å²) in [6.07, 6.45) is -2.27. The van der Waals surface area contributed by atoms with Gasteiger partial charge in [0.1, 0.15) is 6.04 Å². The first-order chi connectivity index (χ1) is 16.3. The van der Waals surface area contributed by atoms with Crippen LogP contribution >= 0.6 is 0 Å². The van der Waals surface area contributed by atoms with Crippen LogP contribution in [0.15, 0.2) is 30.3 Å². The predicted molar refractivity (Wildman–Crippen MR) is 121 cm³/mol. The summed E-state index contributed by atoms with van der Waals surface area (Å²) in [7, 11) is 0. The Morgan fingerprint density at radius 2 is 1.77 bits per heavy atom. The van der Waals surface area contributed by atoms with E-state index in [2.05, 4.69) is 10.1 Å². The lowest BCUT2D eigenvalue weighted by Crippen LogP contribution is -2.69. The van der Waals surface area contributed by atoms with E-state index in [0.717, 1.165) is 5.56 Å². The highest BCUT2D eigenvalue weighted by atomic mass is 16.6. The number of aliphatic carboxylic acids is 2. The maximum absolute atomic E-state index is 13.1. The zero-order valence-corrected chi connectivity index (χ0v) is 19.3. The Labute approximate surface area is 201 Å². The standard InChI is InChI=1S/C22H29N5O8/c1-12(2)22(24,27-14(10-17(30)31)16(29)11-26-25)21(34)35-19(18(23)20(32)33)15(28)9-8-13-6-4-3-5-7-13/h3-7,11-12,14,18-19,27H,8-10,23-24H2,1-2H3,(H,30,31)(H,32,33). The lowest BCUT2D eigenvalue weighted by atomic mass is 9.93. The molecule has 0 heterocycles. The molecule has 0 amide bonds. The quantitative estimate of drug-likeness (QED) is 0.0664. The van der Waals surface area contributed by atoms with Crippen molar-refractivity contribution in [2.45, 2.75) is 57.0 Å². The third-order valence-corrected chi connectivity index (χ3v) is 5.23. The topological polar surface area (TPSA) is 236 Å². The fraction of sp³-hybridized carbons (Fsp3) is 0.455. The zero-order chi connectivity index (χ0) is 26.8. The maximum Gasteiger partial charge on any atom is 0.342 e. The molecule has 0 saturated carbocycles. The van der Waals surface area contributed by atoms with Gasteiger partial charge in [0.05, 0.1) is 12.5 Å². The van der Waals surface area contributed by atoms with E-state index in [4.69, 9.17) is 26.8 Å².